The Morgan fingerprint density at radius 3 is 2.54 bits per heavy atom. The average molecular weight is 357 g/mol. The van der Waals surface area contributed by atoms with Crippen molar-refractivity contribution in [3.63, 3.8) is 0 Å². The van der Waals surface area contributed by atoms with E-state index in [1.54, 1.807) is 13.2 Å². The number of aliphatic hydroxyl groups is 1. The highest BCUT2D eigenvalue weighted by molar-refractivity contribution is 5.74. The number of unbranched alkanes of at least 4 members (excludes halogenated alkanes) is 1. The Morgan fingerprint density at radius 2 is 1.92 bits per heavy atom. The van der Waals surface area contributed by atoms with Gasteiger partial charge in [0.2, 0.25) is 5.82 Å². The lowest BCUT2D eigenvalue weighted by Crippen LogP contribution is -2.46. The quantitative estimate of drug-likeness (QED) is 0.631. The molecule has 2 heterocycles. The van der Waals surface area contributed by atoms with Crippen LogP contribution in [0.5, 0.6) is 5.75 Å². The molecule has 1 aromatic carbocycles. The van der Waals surface area contributed by atoms with Crippen LogP contribution < -0.4 is 4.74 Å². The minimum Gasteiger partial charge on any atom is -0.396 e. The molecule has 1 aliphatic heterocycles. The molecular weight excluding hydrogens is 332 g/mol. The Labute approximate surface area is 153 Å². The molecule has 0 amide bonds. The highest BCUT2D eigenvalue weighted by Gasteiger charge is 2.33. The van der Waals surface area contributed by atoms with Gasteiger partial charge in [-0.3, -0.25) is 0 Å². The maximum Gasteiger partial charge on any atom is 0.409 e. The van der Waals surface area contributed by atoms with Crippen molar-refractivity contribution < 1.29 is 14.3 Å². The van der Waals surface area contributed by atoms with Crippen LogP contribution in [0.4, 0.5) is 0 Å². The Balaban J connectivity index is 1.82. The third-order valence-electron chi connectivity index (χ3n) is 4.47. The molecule has 26 heavy (non-hydrogen) atoms. The van der Waals surface area contributed by atoms with Gasteiger partial charge in [-0.15, -0.1) is 10.2 Å². The number of aliphatic imine (C=N–C) groups is 1. The van der Waals surface area contributed by atoms with Gasteiger partial charge in [-0.1, -0.05) is 0 Å². The molecule has 8 nitrogen and oxygen atoms in total. The number of rotatable bonds is 6. The number of benzene rings is 1. The number of aryl methyl sites for hydroxylation is 3. The van der Waals surface area contributed by atoms with E-state index in [1.807, 2.05) is 32.2 Å². The number of aliphatic hydroxyl groups excluding tert-OH is 1. The van der Waals surface area contributed by atoms with Gasteiger partial charge in [0.25, 0.3) is 0 Å². The number of ether oxygens (including phenoxy) is 1. The van der Waals surface area contributed by atoms with Crippen LogP contribution in [0, 0.1) is 13.8 Å². The lowest BCUT2D eigenvalue weighted by atomic mass is 10.1. The summed E-state index contributed by atoms with van der Waals surface area (Å²) in [6, 6.07) is 4.64. The van der Waals surface area contributed by atoms with E-state index >= 15 is 0 Å². The Kier molecular flexibility index (Phi) is 5.15. The van der Waals surface area contributed by atoms with E-state index < -0.39 is 0 Å². The standard InChI is InChI=1S/C18H25N6O2/c1-13-11-15(17-20-22-23(3)21-17)12-14(2)16(13)26-18-19-7-9-24(18,4)8-5-6-10-25/h7,9,11-12,25H,5-6,8,10H2,1-4H3/q+1. The summed E-state index contributed by atoms with van der Waals surface area (Å²) in [7, 11) is 3.80. The molecule has 0 spiro atoms. The fraction of sp³-hybridized carbons (Fsp3) is 0.444. The summed E-state index contributed by atoms with van der Waals surface area (Å²) in [4.78, 5) is 5.86. The van der Waals surface area contributed by atoms with Crippen molar-refractivity contribution in [2.24, 2.45) is 12.0 Å². The first kappa shape index (κ1) is 18.2. The third kappa shape index (κ3) is 3.66. The first-order valence-electron chi connectivity index (χ1n) is 8.68. The zero-order valence-corrected chi connectivity index (χ0v) is 15.7. The fourth-order valence-corrected chi connectivity index (χ4v) is 3.02. The van der Waals surface area contributed by atoms with Gasteiger partial charge in [-0.2, -0.15) is 9.79 Å². The molecule has 138 valence electrons. The summed E-state index contributed by atoms with van der Waals surface area (Å²) in [5, 5.41) is 21.2. The number of nitrogens with zero attached hydrogens (tertiary/aromatic N) is 6. The zero-order chi connectivity index (χ0) is 18.7. The van der Waals surface area contributed by atoms with Crippen LogP contribution in [-0.4, -0.2) is 56.0 Å². The Morgan fingerprint density at radius 1 is 1.19 bits per heavy atom. The monoisotopic (exact) mass is 357 g/mol. The van der Waals surface area contributed by atoms with Crippen LogP contribution in [0.3, 0.4) is 0 Å². The predicted molar refractivity (Wildman–Crippen MR) is 98.3 cm³/mol. The summed E-state index contributed by atoms with van der Waals surface area (Å²) >= 11 is 0. The Hall–Kier alpha value is -2.58. The van der Waals surface area contributed by atoms with Gasteiger partial charge in [0.05, 0.1) is 26.8 Å². The molecule has 1 atom stereocenters. The highest BCUT2D eigenvalue weighted by atomic mass is 16.5. The van der Waals surface area contributed by atoms with E-state index in [9.17, 15) is 0 Å². The molecule has 2 aromatic rings. The van der Waals surface area contributed by atoms with E-state index in [0.717, 1.165) is 41.8 Å². The molecule has 8 heteroatoms. The van der Waals surface area contributed by atoms with Gasteiger partial charge < -0.3 is 9.84 Å². The summed E-state index contributed by atoms with van der Waals surface area (Å²) in [6.45, 7) is 5.03. The van der Waals surface area contributed by atoms with Crippen LogP contribution in [0.2, 0.25) is 0 Å². The largest absolute Gasteiger partial charge is 0.409 e. The summed E-state index contributed by atoms with van der Waals surface area (Å²) in [5.41, 5.74) is 2.89. The highest BCUT2D eigenvalue weighted by Crippen LogP contribution is 2.30. The number of hydrogen-bond donors (Lipinski definition) is 1. The minimum atomic E-state index is 0.202. The van der Waals surface area contributed by atoms with Crippen molar-refractivity contribution in [2.75, 3.05) is 20.2 Å². The van der Waals surface area contributed by atoms with Crippen LogP contribution in [0.1, 0.15) is 24.0 Å². The predicted octanol–water partition coefficient (Wildman–Crippen LogP) is 1.93. The number of hydrogen-bond acceptors (Lipinski definition) is 6. The molecular formula is C18H25N6O2+. The molecule has 0 aliphatic carbocycles. The van der Waals surface area contributed by atoms with Gasteiger partial charge in [-0.25, -0.2) is 4.48 Å². The molecule has 3 rings (SSSR count). The molecule has 0 saturated heterocycles. The van der Waals surface area contributed by atoms with Gasteiger partial charge in [0.1, 0.15) is 11.9 Å². The number of tetrazole rings is 1. The maximum atomic E-state index is 9.02. The lowest BCUT2D eigenvalue weighted by Gasteiger charge is -2.27. The van der Waals surface area contributed by atoms with E-state index in [4.69, 9.17) is 9.84 Å². The smallest absolute Gasteiger partial charge is 0.396 e. The molecule has 0 bridgehead atoms. The number of quaternary nitrogens is 1. The SMILES string of the molecule is Cc1cc(-c2nnn(C)n2)cc(C)c1OC1=NC=C[N+]1(C)CCCCO. The number of amidine groups is 1. The third-order valence-corrected chi connectivity index (χ3v) is 4.47. The second kappa shape index (κ2) is 7.35. The second-order valence-electron chi connectivity index (χ2n) is 6.78. The summed E-state index contributed by atoms with van der Waals surface area (Å²) in [6.07, 6.45) is 5.45. The molecule has 1 unspecified atom stereocenters. The molecule has 0 radical (unpaired) electrons. The van der Waals surface area contributed by atoms with E-state index in [1.165, 1.54) is 4.80 Å². The zero-order valence-electron chi connectivity index (χ0n) is 15.7. The van der Waals surface area contributed by atoms with Crippen molar-refractivity contribution in [1.29, 1.82) is 0 Å². The first-order valence-corrected chi connectivity index (χ1v) is 8.68. The van der Waals surface area contributed by atoms with Crippen molar-refractivity contribution in [3.05, 3.63) is 35.7 Å². The lowest BCUT2D eigenvalue weighted by molar-refractivity contribution is -0.772. The van der Waals surface area contributed by atoms with Crippen LogP contribution in [-0.2, 0) is 7.05 Å². The molecule has 0 saturated carbocycles. The van der Waals surface area contributed by atoms with Crippen LogP contribution in [0.15, 0.2) is 29.5 Å². The molecule has 0 fully saturated rings. The fourth-order valence-electron chi connectivity index (χ4n) is 3.02. The van der Waals surface area contributed by atoms with E-state index in [-0.39, 0.29) is 6.61 Å². The van der Waals surface area contributed by atoms with Crippen molar-refractivity contribution >= 4 is 6.02 Å². The van der Waals surface area contributed by atoms with Crippen molar-refractivity contribution in [1.82, 2.24) is 20.2 Å². The van der Waals surface area contributed by atoms with Crippen molar-refractivity contribution in [3.8, 4) is 17.1 Å². The van der Waals surface area contributed by atoms with Crippen LogP contribution >= 0.6 is 0 Å². The van der Waals surface area contributed by atoms with E-state index in [0.29, 0.717) is 16.3 Å². The molecule has 1 N–H and O–H groups in total. The topological polar surface area (TPSA) is 85.4 Å². The maximum absolute atomic E-state index is 9.02. The minimum absolute atomic E-state index is 0.202. The van der Waals surface area contributed by atoms with Crippen molar-refractivity contribution in [2.45, 2.75) is 26.7 Å². The van der Waals surface area contributed by atoms with E-state index in [2.05, 4.69) is 27.5 Å². The van der Waals surface area contributed by atoms with Gasteiger partial charge in [0.15, 0.2) is 0 Å². The van der Waals surface area contributed by atoms with Crippen LogP contribution in [0.25, 0.3) is 11.4 Å². The second-order valence-corrected chi connectivity index (χ2v) is 6.78. The van der Waals surface area contributed by atoms with Gasteiger partial charge in [-0.05, 0) is 55.2 Å². The summed E-state index contributed by atoms with van der Waals surface area (Å²) < 4.78 is 6.71. The molecule has 1 aliphatic rings. The number of aromatic nitrogens is 4. The summed E-state index contributed by atoms with van der Waals surface area (Å²) in [5.74, 6) is 1.39. The van der Waals surface area contributed by atoms with Gasteiger partial charge >= 0.3 is 6.02 Å². The Bertz CT molecular complexity index is 834. The molecule has 1 aromatic heterocycles. The normalized spacial score (nSPS) is 19.0. The first-order chi connectivity index (χ1) is 12.4. The average Bonchev–Trinajstić information content (AvgIpc) is 3.17. The van der Waals surface area contributed by atoms with Gasteiger partial charge in [0, 0.05) is 12.2 Å².